The van der Waals surface area contributed by atoms with Gasteiger partial charge in [0.2, 0.25) is 5.79 Å². The number of carbonyl (C=O) groups excluding carboxylic acids is 1. The van der Waals surface area contributed by atoms with E-state index in [4.69, 9.17) is 10.2 Å². The molecule has 1 aliphatic rings. The van der Waals surface area contributed by atoms with E-state index in [1.165, 1.54) is 0 Å². The summed E-state index contributed by atoms with van der Waals surface area (Å²) in [5, 5.41) is 39.1. The lowest BCUT2D eigenvalue weighted by molar-refractivity contribution is -0.329. The second kappa shape index (κ2) is 3.16. The van der Waals surface area contributed by atoms with Gasteiger partial charge in [0, 0.05) is 0 Å². The molecule has 1 amide bonds. The van der Waals surface area contributed by atoms with E-state index in [1.54, 1.807) is 0 Å². The molecule has 0 aromatic carbocycles. The van der Waals surface area contributed by atoms with Crippen LogP contribution in [0.4, 0.5) is 0 Å². The van der Waals surface area contributed by atoms with Crippen LogP contribution in [0.5, 0.6) is 0 Å². The molecule has 82 valence electrons. The molecule has 0 spiro atoms. The molecular formula is C8H15NO5. The summed E-state index contributed by atoms with van der Waals surface area (Å²) >= 11 is 0. The van der Waals surface area contributed by atoms with Crippen molar-refractivity contribution in [3.8, 4) is 0 Å². The van der Waals surface area contributed by atoms with Gasteiger partial charge >= 0.3 is 5.79 Å². The zero-order valence-corrected chi connectivity index (χ0v) is 8.06. The van der Waals surface area contributed by atoms with Crippen molar-refractivity contribution in [1.82, 2.24) is 5.32 Å². The van der Waals surface area contributed by atoms with Crippen molar-refractivity contribution >= 4 is 5.91 Å². The second-order valence-corrected chi connectivity index (χ2v) is 4.05. The van der Waals surface area contributed by atoms with Crippen molar-refractivity contribution in [2.24, 2.45) is 5.92 Å². The average Bonchev–Trinajstić information content (AvgIpc) is 2.12. The Labute approximate surface area is 81.2 Å². The first kappa shape index (κ1) is 11.4. The van der Waals surface area contributed by atoms with Crippen LogP contribution in [0.3, 0.4) is 0 Å². The van der Waals surface area contributed by atoms with Crippen LogP contribution in [0.25, 0.3) is 0 Å². The Morgan fingerprint density at radius 3 is 2.14 bits per heavy atom. The SMILES string of the molecule is CC(C)CC1NC(=O)C(O)(O)C1(O)O. The Morgan fingerprint density at radius 2 is 1.86 bits per heavy atom. The highest BCUT2D eigenvalue weighted by Gasteiger charge is 2.64. The van der Waals surface area contributed by atoms with Gasteiger partial charge in [-0.2, -0.15) is 0 Å². The van der Waals surface area contributed by atoms with E-state index in [9.17, 15) is 15.0 Å². The summed E-state index contributed by atoms with van der Waals surface area (Å²) in [5.74, 6) is -7.07. The molecule has 1 unspecified atom stereocenters. The summed E-state index contributed by atoms with van der Waals surface area (Å²) in [4.78, 5) is 11.0. The predicted octanol–water partition coefficient (Wildman–Crippen LogP) is -2.11. The lowest BCUT2D eigenvalue weighted by Crippen LogP contribution is -2.58. The van der Waals surface area contributed by atoms with Gasteiger partial charge in [0.25, 0.3) is 5.91 Å². The van der Waals surface area contributed by atoms with Crippen LogP contribution in [0, 0.1) is 5.92 Å². The maximum Gasteiger partial charge on any atom is 0.302 e. The van der Waals surface area contributed by atoms with Crippen molar-refractivity contribution < 1.29 is 25.2 Å². The fraction of sp³-hybridized carbons (Fsp3) is 0.875. The van der Waals surface area contributed by atoms with Gasteiger partial charge in [-0.05, 0) is 12.3 Å². The molecule has 1 rings (SSSR count). The fourth-order valence-corrected chi connectivity index (χ4v) is 1.46. The number of nitrogens with one attached hydrogen (secondary N) is 1. The van der Waals surface area contributed by atoms with E-state index in [-0.39, 0.29) is 12.3 Å². The van der Waals surface area contributed by atoms with Gasteiger partial charge in [0.1, 0.15) is 0 Å². The fourth-order valence-electron chi connectivity index (χ4n) is 1.46. The van der Waals surface area contributed by atoms with E-state index in [2.05, 4.69) is 5.32 Å². The quantitative estimate of drug-likeness (QED) is 0.331. The molecule has 6 heteroatoms. The molecule has 1 saturated heterocycles. The Morgan fingerprint density at radius 1 is 1.36 bits per heavy atom. The van der Waals surface area contributed by atoms with E-state index < -0.39 is 23.5 Å². The van der Waals surface area contributed by atoms with Crippen molar-refractivity contribution in [2.75, 3.05) is 0 Å². The lowest BCUT2D eigenvalue weighted by Gasteiger charge is -2.29. The maximum atomic E-state index is 11.0. The summed E-state index contributed by atoms with van der Waals surface area (Å²) in [6.45, 7) is 3.63. The molecule has 1 aliphatic heterocycles. The number of amides is 1. The maximum absolute atomic E-state index is 11.0. The van der Waals surface area contributed by atoms with Crippen molar-refractivity contribution in [3.05, 3.63) is 0 Å². The van der Waals surface area contributed by atoms with Crippen LogP contribution in [-0.4, -0.2) is 43.9 Å². The third-order valence-electron chi connectivity index (χ3n) is 2.33. The van der Waals surface area contributed by atoms with Crippen LogP contribution < -0.4 is 5.32 Å². The molecule has 1 fully saturated rings. The highest BCUT2D eigenvalue weighted by molar-refractivity contribution is 5.87. The molecule has 0 saturated carbocycles. The van der Waals surface area contributed by atoms with Crippen LogP contribution >= 0.6 is 0 Å². The standard InChI is InChI=1S/C8H15NO5/c1-4(2)3-5-7(11,12)8(13,14)6(10)9-5/h4-5,11-14H,3H2,1-2H3,(H,9,10). The molecule has 0 aliphatic carbocycles. The Balaban J connectivity index is 2.88. The zero-order chi connectivity index (χ0) is 11.1. The summed E-state index contributed by atoms with van der Waals surface area (Å²) in [7, 11) is 0. The Kier molecular flexibility index (Phi) is 2.57. The van der Waals surface area contributed by atoms with E-state index in [0.29, 0.717) is 0 Å². The summed E-state index contributed by atoms with van der Waals surface area (Å²) < 4.78 is 0. The van der Waals surface area contributed by atoms with E-state index in [0.717, 1.165) is 0 Å². The van der Waals surface area contributed by atoms with Gasteiger partial charge in [-0.25, -0.2) is 0 Å². The number of carbonyl (C=O) groups is 1. The Bertz CT molecular complexity index is 248. The molecule has 5 N–H and O–H groups in total. The normalized spacial score (nSPS) is 29.4. The molecule has 0 radical (unpaired) electrons. The van der Waals surface area contributed by atoms with Crippen molar-refractivity contribution in [2.45, 2.75) is 37.9 Å². The summed E-state index contributed by atoms with van der Waals surface area (Å²) in [6, 6.07) is -1.06. The molecular weight excluding hydrogens is 190 g/mol. The highest BCUT2D eigenvalue weighted by atomic mass is 16.6. The van der Waals surface area contributed by atoms with E-state index >= 15 is 0 Å². The van der Waals surface area contributed by atoms with Crippen LogP contribution in [0.2, 0.25) is 0 Å². The molecule has 0 bridgehead atoms. The second-order valence-electron chi connectivity index (χ2n) is 4.05. The monoisotopic (exact) mass is 205 g/mol. The minimum atomic E-state index is -3.13. The van der Waals surface area contributed by atoms with Gasteiger partial charge in [0.05, 0.1) is 6.04 Å². The summed E-state index contributed by atoms with van der Waals surface area (Å²) in [5.41, 5.74) is 0. The first-order valence-electron chi connectivity index (χ1n) is 4.40. The van der Waals surface area contributed by atoms with E-state index in [1.807, 2.05) is 13.8 Å². The van der Waals surface area contributed by atoms with Crippen molar-refractivity contribution in [3.63, 3.8) is 0 Å². The van der Waals surface area contributed by atoms with Crippen LogP contribution in [-0.2, 0) is 4.79 Å². The predicted molar refractivity (Wildman–Crippen MR) is 45.7 cm³/mol. The van der Waals surface area contributed by atoms with Crippen LogP contribution in [0.15, 0.2) is 0 Å². The summed E-state index contributed by atoms with van der Waals surface area (Å²) in [6.07, 6.45) is 0.252. The first-order valence-corrected chi connectivity index (χ1v) is 4.40. The highest BCUT2D eigenvalue weighted by Crippen LogP contribution is 2.30. The topological polar surface area (TPSA) is 110 Å². The Hall–Kier alpha value is -0.690. The average molecular weight is 205 g/mol. The minimum Gasteiger partial charge on any atom is -0.359 e. The van der Waals surface area contributed by atoms with Gasteiger partial charge in [-0.15, -0.1) is 0 Å². The molecule has 1 atom stereocenters. The first-order chi connectivity index (χ1) is 6.19. The van der Waals surface area contributed by atoms with Gasteiger partial charge in [-0.1, -0.05) is 13.8 Å². The molecule has 0 aromatic heterocycles. The zero-order valence-electron chi connectivity index (χ0n) is 8.06. The third kappa shape index (κ3) is 1.50. The third-order valence-corrected chi connectivity index (χ3v) is 2.33. The largest absolute Gasteiger partial charge is 0.359 e. The molecule has 1 heterocycles. The van der Waals surface area contributed by atoms with Gasteiger partial charge in [-0.3, -0.25) is 4.79 Å². The number of aliphatic hydroxyl groups is 4. The number of hydrogen-bond acceptors (Lipinski definition) is 5. The molecule has 14 heavy (non-hydrogen) atoms. The molecule has 6 nitrogen and oxygen atoms in total. The minimum absolute atomic E-state index is 0.0906. The number of rotatable bonds is 2. The van der Waals surface area contributed by atoms with Gasteiger partial charge in [0.15, 0.2) is 0 Å². The van der Waals surface area contributed by atoms with Crippen molar-refractivity contribution in [1.29, 1.82) is 0 Å². The smallest absolute Gasteiger partial charge is 0.302 e. The van der Waals surface area contributed by atoms with Crippen LogP contribution in [0.1, 0.15) is 20.3 Å². The van der Waals surface area contributed by atoms with Gasteiger partial charge < -0.3 is 25.7 Å². The molecule has 0 aromatic rings. The lowest BCUT2D eigenvalue weighted by atomic mass is 9.95. The number of hydrogen-bond donors (Lipinski definition) is 5.